The second kappa shape index (κ2) is 10.7. The quantitative estimate of drug-likeness (QED) is 0.589. The van der Waals surface area contributed by atoms with E-state index in [1.807, 2.05) is 37.2 Å². The fourth-order valence-electron chi connectivity index (χ4n) is 4.20. The summed E-state index contributed by atoms with van der Waals surface area (Å²) in [4.78, 5) is 35.6. The number of pyridine rings is 1. The minimum atomic E-state index is -0.999. The van der Waals surface area contributed by atoms with Crippen molar-refractivity contribution in [1.82, 2.24) is 19.7 Å². The monoisotopic (exact) mass is 487 g/mol. The summed E-state index contributed by atoms with van der Waals surface area (Å²) in [7, 11) is 3.93. The van der Waals surface area contributed by atoms with Crippen molar-refractivity contribution in [3.05, 3.63) is 58.4 Å². The second-order valence-corrected chi connectivity index (χ2v) is 9.62. The number of anilines is 1. The van der Waals surface area contributed by atoms with Crippen molar-refractivity contribution in [2.45, 2.75) is 32.1 Å². The minimum absolute atomic E-state index is 0.0665. The molecule has 0 bridgehead atoms. The maximum absolute atomic E-state index is 13.4. The molecule has 1 N–H and O–H groups in total. The fourth-order valence-corrected chi connectivity index (χ4v) is 4.38. The average molecular weight is 488 g/mol. The predicted octanol–water partition coefficient (Wildman–Crippen LogP) is 2.98. The van der Waals surface area contributed by atoms with Crippen molar-refractivity contribution in [2.24, 2.45) is 5.92 Å². The summed E-state index contributed by atoms with van der Waals surface area (Å²) in [6, 6.07) is 9.47. The van der Waals surface area contributed by atoms with E-state index in [-0.39, 0.29) is 18.4 Å². The van der Waals surface area contributed by atoms with E-state index in [1.54, 1.807) is 28.1 Å². The van der Waals surface area contributed by atoms with Crippen molar-refractivity contribution < 1.29 is 14.0 Å². The van der Waals surface area contributed by atoms with Gasteiger partial charge in [0.15, 0.2) is 0 Å². The molecule has 1 saturated carbocycles. The molecule has 1 aromatic carbocycles. The van der Waals surface area contributed by atoms with Crippen LogP contribution in [0.4, 0.5) is 10.1 Å². The van der Waals surface area contributed by atoms with Gasteiger partial charge in [0, 0.05) is 38.1 Å². The van der Waals surface area contributed by atoms with Crippen LogP contribution in [-0.4, -0.2) is 77.9 Å². The number of amides is 2. The van der Waals surface area contributed by atoms with E-state index in [0.29, 0.717) is 49.9 Å². The molecule has 2 heterocycles. The summed E-state index contributed by atoms with van der Waals surface area (Å²) in [5, 5.41) is 3.82. The minimum Gasteiger partial charge on any atom is -0.376 e. The van der Waals surface area contributed by atoms with Gasteiger partial charge in [-0.15, -0.1) is 0 Å². The van der Waals surface area contributed by atoms with Gasteiger partial charge in [-0.2, -0.15) is 0 Å². The number of likely N-dealkylation sites (N-methyl/N-ethyl adjacent to an activating group) is 1. The Labute approximate surface area is 204 Å². The van der Waals surface area contributed by atoms with Gasteiger partial charge in [-0.3, -0.25) is 14.6 Å². The van der Waals surface area contributed by atoms with E-state index in [4.69, 9.17) is 11.6 Å². The third kappa shape index (κ3) is 5.85. The molecule has 1 fully saturated rings. The van der Waals surface area contributed by atoms with Crippen LogP contribution in [0.25, 0.3) is 0 Å². The van der Waals surface area contributed by atoms with E-state index in [1.165, 1.54) is 0 Å². The Morgan fingerprint density at radius 2 is 2.03 bits per heavy atom. The lowest BCUT2D eigenvalue weighted by Gasteiger charge is -2.31. The molecule has 1 aliphatic heterocycles. The average Bonchev–Trinajstić information content (AvgIpc) is 3.56. The first-order valence-corrected chi connectivity index (χ1v) is 12.0. The molecule has 34 heavy (non-hydrogen) atoms. The Hall–Kier alpha value is -2.71. The number of benzene rings is 1. The first-order valence-electron chi connectivity index (χ1n) is 11.6. The first kappa shape index (κ1) is 24.4. The van der Waals surface area contributed by atoms with Crippen LogP contribution < -0.4 is 5.32 Å². The van der Waals surface area contributed by atoms with Crippen LogP contribution in [0.5, 0.6) is 0 Å². The van der Waals surface area contributed by atoms with Gasteiger partial charge in [-0.25, -0.2) is 4.39 Å². The van der Waals surface area contributed by atoms with Crippen molar-refractivity contribution in [1.29, 1.82) is 0 Å². The molecular formula is C25H31ClFN5O2. The smallest absolute Gasteiger partial charge is 0.242 e. The maximum Gasteiger partial charge on any atom is 0.242 e. The molecule has 4 rings (SSSR count). The van der Waals surface area contributed by atoms with Crippen LogP contribution in [-0.2, 0) is 29.1 Å². The van der Waals surface area contributed by atoms with Gasteiger partial charge in [0.05, 0.1) is 29.7 Å². The van der Waals surface area contributed by atoms with Crippen molar-refractivity contribution in [3.63, 3.8) is 0 Å². The fraction of sp³-hybridized carbons (Fsp3) is 0.480. The van der Waals surface area contributed by atoms with E-state index >= 15 is 0 Å². The number of aromatic nitrogens is 1. The summed E-state index contributed by atoms with van der Waals surface area (Å²) in [5.74, 6) is -0.652. The molecule has 0 spiro atoms. The normalized spacial score (nSPS) is 19.0. The molecule has 0 saturated heterocycles. The highest BCUT2D eigenvalue weighted by molar-refractivity contribution is 6.31. The number of hydrogen-bond donors (Lipinski definition) is 1. The zero-order chi connectivity index (χ0) is 24.2. The van der Waals surface area contributed by atoms with Crippen LogP contribution in [0.3, 0.4) is 0 Å². The lowest BCUT2D eigenvalue weighted by atomic mass is 9.97. The van der Waals surface area contributed by atoms with Crippen LogP contribution in [0.1, 0.15) is 23.2 Å². The van der Waals surface area contributed by atoms with E-state index in [9.17, 15) is 14.0 Å². The molecule has 7 nitrogen and oxygen atoms in total. The maximum atomic E-state index is 13.4. The zero-order valence-corrected chi connectivity index (χ0v) is 20.4. The van der Waals surface area contributed by atoms with E-state index in [2.05, 4.69) is 10.3 Å². The molecular weight excluding hydrogens is 457 g/mol. The molecule has 2 atom stereocenters. The first-order chi connectivity index (χ1) is 16.3. The largest absolute Gasteiger partial charge is 0.376 e. The SMILES string of the molecule is CN(C)CCN(Cc1ncccc1Cl)C(=O)CNc1cccc2c1CN(C(=O)[C@H]1C[C@H]1F)CC2. The third-order valence-electron chi connectivity index (χ3n) is 6.39. The number of carbonyl (C=O) groups is 2. The topological polar surface area (TPSA) is 68.8 Å². The van der Waals surface area contributed by atoms with Gasteiger partial charge in [0.2, 0.25) is 11.8 Å². The molecule has 2 amide bonds. The lowest BCUT2D eigenvalue weighted by Crippen LogP contribution is -2.40. The number of nitrogens with zero attached hydrogens (tertiary/aromatic N) is 4. The number of carbonyl (C=O) groups excluding carboxylic acids is 2. The van der Waals surface area contributed by atoms with Crippen molar-refractivity contribution >= 4 is 29.1 Å². The van der Waals surface area contributed by atoms with Gasteiger partial charge in [0.1, 0.15) is 6.17 Å². The number of halogens is 2. The summed E-state index contributed by atoms with van der Waals surface area (Å²) in [6.45, 7) is 2.72. The highest BCUT2D eigenvalue weighted by Crippen LogP contribution is 2.37. The molecule has 182 valence electrons. The van der Waals surface area contributed by atoms with E-state index in [0.717, 1.165) is 23.2 Å². The lowest BCUT2D eigenvalue weighted by molar-refractivity contribution is -0.134. The Kier molecular flexibility index (Phi) is 7.68. The Morgan fingerprint density at radius 1 is 1.24 bits per heavy atom. The van der Waals surface area contributed by atoms with Gasteiger partial charge in [0.25, 0.3) is 0 Å². The van der Waals surface area contributed by atoms with Gasteiger partial charge >= 0.3 is 0 Å². The molecule has 0 unspecified atom stereocenters. The number of alkyl halides is 1. The van der Waals surface area contributed by atoms with Crippen molar-refractivity contribution in [3.8, 4) is 0 Å². The van der Waals surface area contributed by atoms with Crippen LogP contribution in [0, 0.1) is 5.92 Å². The van der Waals surface area contributed by atoms with Gasteiger partial charge in [-0.05, 0) is 56.3 Å². The Balaban J connectivity index is 1.43. The second-order valence-electron chi connectivity index (χ2n) is 9.22. The summed E-state index contributed by atoms with van der Waals surface area (Å²) < 4.78 is 13.4. The van der Waals surface area contributed by atoms with E-state index < -0.39 is 12.1 Å². The molecule has 1 aliphatic carbocycles. The number of hydrogen-bond acceptors (Lipinski definition) is 5. The third-order valence-corrected chi connectivity index (χ3v) is 6.73. The highest BCUT2D eigenvalue weighted by atomic mass is 35.5. The molecule has 2 aliphatic rings. The zero-order valence-electron chi connectivity index (χ0n) is 19.6. The molecule has 0 radical (unpaired) electrons. The Morgan fingerprint density at radius 3 is 2.74 bits per heavy atom. The number of fused-ring (bicyclic) bond motifs is 1. The highest BCUT2D eigenvalue weighted by Gasteiger charge is 2.46. The van der Waals surface area contributed by atoms with Crippen molar-refractivity contribution in [2.75, 3.05) is 45.6 Å². The van der Waals surface area contributed by atoms with Crippen LogP contribution >= 0.6 is 11.6 Å². The summed E-state index contributed by atoms with van der Waals surface area (Å²) >= 11 is 6.28. The van der Waals surface area contributed by atoms with Gasteiger partial charge < -0.3 is 20.0 Å². The standard InChI is InChI=1S/C25H31ClFN5O2/c1-30(2)11-12-31(16-23-20(26)6-4-9-28-23)24(33)14-29-22-7-3-5-17-8-10-32(15-19(17)22)25(34)18-13-21(18)27/h3-7,9,18,21,29H,8,10-16H2,1-2H3/t18-,21+/m0/s1. The molecule has 9 heteroatoms. The number of nitrogens with one attached hydrogen (secondary N) is 1. The number of rotatable bonds is 9. The van der Waals surface area contributed by atoms with Gasteiger partial charge in [-0.1, -0.05) is 23.7 Å². The summed E-state index contributed by atoms with van der Waals surface area (Å²) in [6.07, 6.45) is 1.73. The molecule has 2 aromatic rings. The van der Waals surface area contributed by atoms with Crippen LogP contribution in [0.15, 0.2) is 36.5 Å². The molecule has 1 aromatic heterocycles. The summed E-state index contributed by atoms with van der Waals surface area (Å²) in [5.41, 5.74) is 3.64. The predicted molar refractivity (Wildman–Crippen MR) is 130 cm³/mol. The Bertz CT molecular complexity index is 1050. The van der Waals surface area contributed by atoms with Crippen LogP contribution in [0.2, 0.25) is 5.02 Å².